The van der Waals surface area contributed by atoms with Crippen molar-refractivity contribution < 1.29 is 49.0 Å². The van der Waals surface area contributed by atoms with E-state index < -0.39 is 74.5 Å². The zero-order valence-corrected chi connectivity index (χ0v) is 18.8. The summed E-state index contributed by atoms with van der Waals surface area (Å²) in [6.07, 6.45) is -22.5. The summed E-state index contributed by atoms with van der Waals surface area (Å²) in [7, 11) is 0. The third kappa shape index (κ3) is 8.47. The van der Waals surface area contributed by atoms with Crippen LogP contribution in [0.4, 0.5) is 39.5 Å². The van der Waals surface area contributed by atoms with Gasteiger partial charge in [0.15, 0.2) is 0 Å². The first kappa shape index (κ1) is 28.5. The van der Waals surface area contributed by atoms with Crippen molar-refractivity contribution >= 4 is 0 Å². The summed E-state index contributed by atoms with van der Waals surface area (Å²) in [6.45, 7) is 3.36. The normalized spacial score (nSPS) is 34.6. The van der Waals surface area contributed by atoms with E-state index in [4.69, 9.17) is 0 Å². The average molecular weight is 500 g/mol. The Balaban J connectivity index is 2.00. The van der Waals surface area contributed by atoms with Gasteiger partial charge >= 0.3 is 12.5 Å². The number of alkyl halides is 9. The summed E-state index contributed by atoms with van der Waals surface area (Å²) >= 11 is 0. The van der Waals surface area contributed by atoms with Crippen molar-refractivity contribution in [1.29, 1.82) is 0 Å². The van der Waals surface area contributed by atoms with E-state index in [1.54, 1.807) is 0 Å². The number of rotatable bonds is 10. The molecule has 0 N–H and O–H groups in total. The number of ether oxygens (including phenoxy) is 2. The van der Waals surface area contributed by atoms with E-state index in [2.05, 4.69) is 16.4 Å². The fraction of sp³-hybridized carbons (Fsp3) is 1.00. The highest BCUT2D eigenvalue weighted by Gasteiger charge is 2.54. The molecule has 196 valence electrons. The van der Waals surface area contributed by atoms with Gasteiger partial charge in [0.1, 0.15) is 36.7 Å². The highest BCUT2D eigenvalue weighted by molar-refractivity contribution is 4.91. The third-order valence-corrected chi connectivity index (χ3v) is 6.83. The van der Waals surface area contributed by atoms with Crippen LogP contribution in [-0.4, -0.2) is 49.4 Å². The zero-order valence-electron chi connectivity index (χ0n) is 18.8. The minimum Gasteiger partial charge on any atom is -0.317 e. The van der Waals surface area contributed by atoms with Crippen LogP contribution in [0.1, 0.15) is 71.6 Å². The second-order valence-electron chi connectivity index (χ2n) is 9.50. The molecule has 0 amide bonds. The highest BCUT2D eigenvalue weighted by atomic mass is 19.4. The van der Waals surface area contributed by atoms with Crippen LogP contribution in [-0.2, 0) is 9.47 Å². The van der Waals surface area contributed by atoms with Gasteiger partial charge in [0.2, 0.25) is 0 Å². The molecule has 0 radical (unpaired) electrons. The second kappa shape index (κ2) is 11.8. The Morgan fingerprint density at radius 2 is 1.39 bits per heavy atom. The first-order valence-electron chi connectivity index (χ1n) is 11.6. The number of hydrogen-bond donors (Lipinski definition) is 0. The van der Waals surface area contributed by atoms with Gasteiger partial charge in [-0.05, 0) is 31.1 Å². The van der Waals surface area contributed by atoms with Crippen LogP contribution in [0, 0.1) is 17.8 Å². The molecular formula is C22H33F9O2. The van der Waals surface area contributed by atoms with Crippen LogP contribution < -0.4 is 0 Å². The minimum absolute atomic E-state index is 0.165. The summed E-state index contributed by atoms with van der Waals surface area (Å²) < 4.78 is 132. The Morgan fingerprint density at radius 1 is 0.848 bits per heavy atom. The van der Waals surface area contributed by atoms with E-state index in [-0.39, 0.29) is 12.3 Å². The van der Waals surface area contributed by atoms with Gasteiger partial charge in [-0.3, -0.25) is 4.74 Å². The maximum Gasteiger partial charge on any atom is 0.522 e. The molecule has 2 aliphatic carbocycles. The van der Waals surface area contributed by atoms with E-state index in [9.17, 15) is 39.5 Å². The predicted octanol–water partition coefficient (Wildman–Crippen LogP) is 7.65. The lowest BCUT2D eigenvalue weighted by atomic mass is 9.79. The van der Waals surface area contributed by atoms with Crippen molar-refractivity contribution in [3.8, 4) is 0 Å². The average Bonchev–Trinajstić information content (AvgIpc) is 2.69. The second-order valence-corrected chi connectivity index (χ2v) is 9.50. The molecule has 2 rings (SSSR count). The molecule has 2 nitrogen and oxygen atoms in total. The molecule has 2 fully saturated rings. The Morgan fingerprint density at radius 3 is 1.88 bits per heavy atom. The van der Waals surface area contributed by atoms with Gasteiger partial charge in [0.05, 0.1) is 6.10 Å². The molecule has 33 heavy (non-hydrogen) atoms. The van der Waals surface area contributed by atoms with Crippen LogP contribution >= 0.6 is 0 Å². The molecule has 0 bridgehead atoms. The Kier molecular flexibility index (Phi) is 10.2. The Bertz CT molecular complexity index is 569. The molecule has 2 aliphatic rings. The Hall–Kier alpha value is -0.710. The molecule has 0 heterocycles. The predicted molar refractivity (Wildman–Crippen MR) is 104 cm³/mol. The van der Waals surface area contributed by atoms with Gasteiger partial charge in [0, 0.05) is 12.8 Å². The van der Waals surface area contributed by atoms with Gasteiger partial charge in [0.25, 0.3) is 0 Å². The molecule has 0 saturated heterocycles. The molecule has 11 heteroatoms. The van der Waals surface area contributed by atoms with E-state index in [1.165, 1.54) is 6.92 Å². The van der Waals surface area contributed by atoms with E-state index in [0.29, 0.717) is 12.3 Å². The SMILES string of the molecule is CCC(F)C(C(F)CCC1CCC(C)CC1)C(F)(F)OC1CC(F)C(OC(F)(F)F)C(F)C1. The van der Waals surface area contributed by atoms with Gasteiger partial charge < -0.3 is 4.74 Å². The number of halogens is 9. The lowest BCUT2D eigenvalue weighted by Crippen LogP contribution is -2.51. The van der Waals surface area contributed by atoms with Crippen molar-refractivity contribution in [2.75, 3.05) is 0 Å². The van der Waals surface area contributed by atoms with Gasteiger partial charge in [-0.1, -0.05) is 39.5 Å². The third-order valence-electron chi connectivity index (χ3n) is 6.83. The van der Waals surface area contributed by atoms with Gasteiger partial charge in [-0.15, -0.1) is 13.2 Å². The molecule has 2 saturated carbocycles. The van der Waals surface area contributed by atoms with E-state index in [0.717, 1.165) is 25.7 Å². The summed E-state index contributed by atoms with van der Waals surface area (Å²) in [5.41, 5.74) is 0. The molecule has 0 aromatic rings. The van der Waals surface area contributed by atoms with Crippen LogP contribution in [0.2, 0.25) is 0 Å². The van der Waals surface area contributed by atoms with Crippen molar-refractivity contribution in [3.05, 3.63) is 0 Å². The van der Waals surface area contributed by atoms with Gasteiger partial charge in [-0.25, -0.2) is 17.6 Å². The van der Waals surface area contributed by atoms with Crippen LogP contribution in [0.3, 0.4) is 0 Å². The van der Waals surface area contributed by atoms with Crippen LogP contribution in [0.25, 0.3) is 0 Å². The van der Waals surface area contributed by atoms with Gasteiger partial charge in [-0.2, -0.15) is 8.78 Å². The smallest absolute Gasteiger partial charge is 0.317 e. The van der Waals surface area contributed by atoms with Crippen LogP contribution in [0.5, 0.6) is 0 Å². The molecular weight excluding hydrogens is 467 g/mol. The van der Waals surface area contributed by atoms with E-state index >= 15 is 0 Å². The van der Waals surface area contributed by atoms with Crippen molar-refractivity contribution in [1.82, 2.24) is 0 Å². The molecule has 0 aliphatic heterocycles. The molecule has 5 atom stereocenters. The zero-order chi connectivity index (χ0) is 25.0. The van der Waals surface area contributed by atoms with Crippen molar-refractivity contribution in [2.24, 2.45) is 17.8 Å². The number of hydrogen-bond acceptors (Lipinski definition) is 2. The quantitative estimate of drug-likeness (QED) is 0.287. The summed E-state index contributed by atoms with van der Waals surface area (Å²) in [6, 6.07) is 0. The highest BCUT2D eigenvalue weighted by Crippen LogP contribution is 2.42. The maximum absolute atomic E-state index is 14.9. The molecule has 0 aromatic heterocycles. The summed E-state index contributed by atoms with van der Waals surface area (Å²) in [5.74, 6) is -1.76. The lowest BCUT2D eigenvalue weighted by molar-refractivity contribution is -0.365. The minimum atomic E-state index is -5.30. The lowest BCUT2D eigenvalue weighted by Gasteiger charge is -2.38. The standard InChI is InChI=1S/C22H33F9O2/c1-3-15(23)19(16(24)9-8-13-6-4-12(2)5-7-13)21(27,28)32-14-10-17(25)20(18(26)11-14)33-22(29,30)31/h12-20H,3-11H2,1-2H3. The van der Waals surface area contributed by atoms with E-state index in [1.807, 2.05) is 0 Å². The first-order valence-corrected chi connectivity index (χ1v) is 11.6. The maximum atomic E-state index is 14.9. The van der Waals surface area contributed by atoms with Crippen molar-refractivity contribution in [2.45, 2.75) is 121 Å². The molecule has 5 unspecified atom stereocenters. The topological polar surface area (TPSA) is 18.5 Å². The molecule has 0 spiro atoms. The fourth-order valence-electron chi connectivity index (χ4n) is 4.89. The summed E-state index contributed by atoms with van der Waals surface area (Å²) in [4.78, 5) is 0. The fourth-order valence-corrected chi connectivity index (χ4v) is 4.89. The largest absolute Gasteiger partial charge is 0.522 e. The Labute approximate surface area is 188 Å². The van der Waals surface area contributed by atoms with Crippen molar-refractivity contribution in [3.63, 3.8) is 0 Å². The summed E-state index contributed by atoms with van der Waals surface area (Å²) in [5, 5.41) is 0. The molecule has 0 aromatic carbocycles. The first-order chi connectivity index (χ1) is 15.2. The van der Waals surface area contributed by atoms with Crippen LogP contribution in [0.15, 0.2) is 0 Å². The monoisotopic (exact) mass is 500 g/mol.